The Bertz CT molecular complexity index is 1730. The molecule has 9 heteroatoms. The standard InChI is InChI=1S/C31H30ClN3O5/c1-30(2,3)40-23-16-31(23,29(37)38)27-24(20-7-8-22-26(25(20)32)34-13-14-39-22)19-6-5-18(17-9-11-33-12-10-17)15-21(19)28(36)35(27)4/h5-12,15,23,34H,13-14,16H2,1-4H3,(H,37,38). The maximum Gasteiger partial charge on any atom is 0.318 e. The van der Waals surface area contributed by atoms with Crippen LogP contribution in [-0.2, 0) is 22.0 Å². The predicted molar refractivity (Wildman–Crippen MR) is 155 cm³/mol. The van der Waals surface area contributed by atoms with Crippen molar-refractivity contribution in [1.29, 1.82) is 0 Å². The molecule has 206 valence electrons. The van der Waals surface area contributed by atoms with E-state index in [4.69, 9.17) is 21.1 Å². The van der Waals surface area contributed by atoms with Gasteiger partial charge in [0.15, 0.2) is 0 Å². The van der Waals surface area contributed by atoms with Gasteiger partial charge in [0.1, 0.15) is 17.8 Å². The molecule has 0 radical (unpaired) electrons. The lowest BCUT2D eigenvalue weighted by molar-refractivity contribution is -0.142. The number of ether oxygens (including phenoxy) is 2. The first kappa shape index (κ1) is 26.3. The summed E-state index contributed by atoms with van der Waals surface area (Å²) in [5.74, 6) is -0.412. The van der Waals surface area contributed by atoms with Gasteiger partial charge in [-0.1, -0.05) is 23.7 Å². The summed E-state index contributed by atoms with van der Waals surface area (Å²) in [7, 11) is 1.63. The van der Waals surface area contributed by atoms with E-state index in [9.17, 15) is 14.7 Å². The van der Waals surface area contributed by atoms with Gasteiger partial charge in [-0.3, -0.25) is 14.6 Å². The smallest absolute Gasteiger partial charge is 0.318 e. The minimum absolute atomic E-state index is 0.240. The number of rotatable bonds is 5. The fourth-order valence-electron chi connectivity index (χ4n) is 5.79. The molecule has 2 aromatic heterocycles. The third-order valence-corrected chi connectivity index (χ3v) is 8.03. The van der Waals surface area contributed by atoms with Gasteiger partial charge >= 0.3 is 5.97 Å². The molecule has 1 aliphatic carbocycles. The normalized spacial score (nSPS) is 20.0. The minimum atomic E-state index is -1.42. The monoisotopic (exact) mass is 559 g/mol. The Morgan fingerprint density at radius 3 is 2.60 bits per heavy atom. The van der Waals surface area contributed by atoms with E-state index in [1.54, 1.807) is 19.4 Å². The van der Waals surface area contributed by atoms with Crippen molar-refractivity contribution < 1.29 is 19.4 Å². The number of carboxylic acids is 1. The summed E-state index contributed by atoms with van der Waals surface area (Å²) in [6.07, 6.45) is 3.03. The highest BCUT2D eigenvalue weighted by atomic mass is 35.5. The molecule has 6 rings (SSSR count). The number of aromatic nitrogens is 2. The molecule has 0 spiro atoms. The van der Waals surface area contributed by atoms with E-state index in [-0.39, 0.29) is 12.0 Å². The quantitative estimate of drug-likeness (QED) is 0.326. The number of aliphatic carboxylic acids is 1. The van der Waals surface area contributed by atoms with Gasteiger partial charge < -0.3 is 24.5 Å². The molecule has 0 bridgehead atoms. The van der Waals surface area contributed by atoms with Crippen molar-refractivity contribution in [3.63, 3.8) is 0 Å². The number of carbonyl (C=O) groups is 1. The number of hydrogen-bond acceptors (Lipinski definition) is 6. The number of pyridine rings is 2. The molecule has 2 aromatic carbocycles. The maximum atomic E-state index is 14.0. The highest BCUT2D eigenvalue weighted by Gasteiger charge is 2.66. The van der Waals surface area contributed by atoms with Crippen molar-refractivity contribution in [1.82, 2.24) is 9.55 Å². The average Bonchev–Trinajstić information content (AvgIpc) is 3.64. The first-order valence-electron chi connectivity index (χ1n) is 13.2. The van der Waals surface area contributed by atoms with Crippen molar-refractivity contribution in [3.05, 3.63) is 75.9 Å². The van der Waals surface area contributed by atoms with E-state index in [1.807, 2.05) is 63.2 Å². The van der Waals surface area contributed by atoms with Crippen LogP contribution < -0.4 is 15.6 Å². The lowest BCUT2D eigenvalue weighted by Crippen LogP contribution is -2.36. The lowest BCUT2D eigenvalue weighted by atomic mass is 9.87. The van der Waals surface area contributed by atoms with E-state index in [0.29, 0.717) is 57.2 Å². The fraction of sp³-hybridized carbons (Fsp3) is 0.323. The van der Waals surface area contributed by atoms with Crippen LogP contribution >= 0.6 is 11.6 Å². The molecule has 0 saturated heterocycles. The van der Waals surface area contributed by atoms with E-state index in [2.05, 4.69) is 10.3 Å². The molecule has 2 N–H and O–H groups in total. The maximum absolute atomic E-state index is 14.0. The van der Waals surface area contributed by atoms with Gasteiger partial charge in [-0.15, -0.1) is 0 Å². The number of nitrogens with zero attached hydrogens (tertiary/aromatic N) is 2. The van der Waals surface area contributed by atoms with Gasteiger partial charge in [-0.2, -0.15) is 0 Å². The van der Waals surface area contributed by atoms with Crippen molar-refractivity contribution in [2.45, 2.75) is 44.3 Å². The summed E-state index contributed by atoms with van der Waals surface area (Å²) >= 11 is 7.03. The first-order chi connectivity index (χ1) is 19.0. The van der Waals surface area contributed by atoms with Crippen LogP contribution in [0.4, 0.5) is 5.69 Å². The van der Waals surface area contributed by atoms with E-state index < -0.39 is 23.1 Å². The Balaban J connectivity index is 1.69. The number of hydrogen-bond donors (Lipinski definition) is 2. The second kappa shape index (κ2) is 9.35. The molecular formula is C31H30ClN3O5. The summed E-state index contributed by atoms with van der Waals surface area (Å²) in [6.45, 7) is 6.79. The average molecular weight is 560 g/mol. The highest BCUT2D eigenvalue weighted by molar-refractivity contribution is 6.37. The van der Waals surface area contributed by atoms with Crippen molar-refractivity contribution in [2.75, 3.05) is 18.5 Å². The summed E-state index contributed by atoms with van der Waals surface area (Å²) in [5.41, 5.74) is 1.73. The lowest BCUT2D eigenvalue weighted by Gasteiger charge is -2.27. The SMILES string of the molecule is Cn1c(C2(C(=O)O)CC2OC(C)(C)C)c(-c2ccc3c(c2Cl)NCCO3)c2ccc(-c3ccncc3)cc2c1=O. The Kier molecular flexibility index (Phi) is 6.16. The summed E-state index contributed by atoms with van der Waals surface area (Å²) in [4.78, 5) is 31.1. The third-order valence-electron chi connectivity index (χ3n) is 7.64. The van der Waals surface area contributed by atoms with Gasteiger partial charge in [-0.05, 0) is 74.0 Å². The number of halogens is 1. The zero-order valence-electron chi connectivity index (χ0n) is 22.7. The largest absolute Gasteiger partial charge is 0.490 e. The van der Waals surface area contributed by atoms with Crippen LogP contribution in [0.25, 0.3) is 33.0 Å². The van der Waals surface area contributed by atoms with E-state index in [1.165, 1.54) is 4.57 Å². The highest BCUT2D eigenvalue weighted by Crippen LogP contribution is 2.56. The molecule has 40 heavy (non-hydrogen) atoms. The van der Waals surface area contributed by atoms with Crippen LogP contribution in [0.1, 0.15) is 32.9 Å². The molecule has 2 aliphatic rings. The second-order valence-electron chi connectivity index (χ2n) is 11.4. The second-order valence-corrected chi connectivity index (χ2v) is 11.7. The fourth-order valence-corrected chi connectivity index (χ4v) is 6.10. The summed E-state index contributed by atoms with van der Waals surface area (Å²) in [5, 5.41) is 15.5. The van der Waals surface area contributed by atoms with Crippen LogP contribution in [0.5, 0.6) is 5.75 Å². The molecule has 4 aromatic rings. The molecule has 8 nitrogen and oxygen atoms in total. The molecule has 2 atom stereocenters. The predicted octanol–water partition coefficient (Wildman–Crippen LogP) is 5.64. The Morgan fingerprint density at radius 1 is 1.15 bits per heavy atom. The van der Waals surface area contributed by atoms with Crippen molar-refractivity contribution >= 4 is 34.0 Å². The molecule has 1 saturated carbocycles. The van der Waals surface area contributed by atoms with Gasteiger partial charge in [0.25, 0.3) is 5.56 Å². The van der Waals surface area contributed by atoms with Crippen molar-refractivity contribution in [3.8, 4) is 28.0 Å². The number of fused-ring (bicyclic) bond motifs is 2. The Labute approximate surface area is 236 Å². The number of nitrogens with one attached hydrogen (secondary N) is 1. The molecular weight excluding hydrogens is 530 g/mol. The number of carboxylic acid groups (broad SMARTS) is 1. The van der Waals surface area contributed by atoms with Gasteiger partial charge in [0.2, 0.25) is 0 Å². The van der Waals surface area contributed by atoms with Crippen LogP contribution in [0, 0.1) is 0 Å². The van der Waals surface area contributed by atoms with E-state index >= 15 is 0 Å². The molecule has 2 unspecified atom stereocenters. The number of benzene rings is 2. The third kappa shape index (κ3) is 4.14. The zero-order chi connectivity index (χ0) is 28.4. The van der Waals surface area contributed by atoms with Crippen LogP contribution in [0.3, 0.4) is 0 Å². The van der Waals surface area contributed by atoms with Gasteiger partial charge in [0.05, 0.1) is 22.4 Å². The van der Waals surface area contributed by atoms with Gasteiger partial charge in [-0.25, -0.2) is 0 Å². The zero-order valence-corrected chi connectivity index (χ0v) is 23.5. The van der Waals surface area contributed by atoms with E-state index in [0.717, 1.165) is 11.1 Å². The molecule has 1 fully saturated rings. The van der Waals surface area contributed by atoms with Crippen LogP contribution in [0.2, 0.25) is 5.02 Å². The Hall–Kier alpha value is -3.88. The topological polar surface area (TPSA) is 103 Å². The van der Waals surface area contributed by atoms with Crippen molar-refractivity contribution in [2.24, 2.45) is 7.05 Å². The first-order valence-corrected chi connectivity index (χ1v) is 13.6. The Morgan fingerprint density at radius 2 is 1.90 bits per heavy atom. The minimum Gasteiger partial charge on any atom is -0.490 e. The molecule has 1 aliphatic heterocycles. The summed E-state index contributed by atoms with van der Waals surface area (Å²) in [6, 6.07) is 13.1. The van der Waals surface area contributed by atoms with Gasteiger partial charge in [0, 0.05) is 48.2 Å². The summed E-state index contributed by atoms with van der Waals surface area (Å²) < 4.78 is 13.5. The van der Waals surface area contributed by atoms with Crippen LogP contribution in [-0.4, -0.2) is 45.5 Å². The number of anilines is 1. The molecule has 3 heterocycles. The van der Waals surface area contributed by atoms with Crippen LogP contribution in [0.15, 0.2) is 59.7 Å². The molecule has 0 amide bonds.